The number of aryl methyl sites for hydroxylation is 3. The molecule has 0 unspecified atom stereocenters. The van der Waals surface area contributed by atoms with E-state index in [1.807, 2.05) is 0 Å². The van der Waals surface area contributed by atoms with Gasteiger partial charge >= 0.3 is 6.18 Å². The van der Waals surface area contributed by atoms with Crippen molar-refractivity contribution in [2.45, 2.75) is 57.9 Å². The Bertz CT molecular complexity index is 1680. The Morgan fingerprint density at radius 1 is 1.05 bits per heavy atom. The van der Waals surface area contributed by atoms with Gasteiger partial charge in [-0.3, -0.25) is 9.59 Å². The van der Waals surface area contributed by atoms with E-state index in [-0.39, 0.29) is 50.9 Å². The van der Waals surface area contributed by atoms with Crippen molar-refractivity contribution >= 4 is 27.3 Å². The Kier molecular flexibility index (Phi) is 7.69. The summed E-state index contributed by atoms with van der Waals surface area (Å²) in [6, 6.07) is 7.11. The molecule has 216 valence electrons. The van der Waals surface area contributed by atoms with Crippen molar-refractivity contribution in [1.29, 1.82) is 0 Å². The first-order valence-electron chi connectivity index (χ1n) is 13.1. The fourth-order valence-electron chi connectivity index (χ4n) is 5.20. The number of aromatic nitrogens is 1. The van der Waals surface area contributed by atoms with Crippen molar-refractivity contribution in [2.24, 2.45) is 7.05 Å². The van der Waals surface area contributed by atoms with Crippen LogP contribution in [0.2, 0.25) is 0 Å². The number of thiophene rings is 1. The third-order valence-electron chi connectivity index (χ3n) is 7.30. The topological polar surface area (TPSA) is 80.6 Å². The quantitative estimate of drug-likeness (QED) is 0.250. The van der Waals surface area contributed by atoms with E-state index in [1.54, 1.807) is 13.8 Å². The number of halogens is 4. The summed E-state index contributed by atoms with van der Waals surface area (Å²) in [5, 5.41) is 12.9. The lowest BCUT2D eigenvalue weighted by atomic mass is 9.93. The molecule has 4 aromatic rings. The van der Waals surface area contributed by atoms with Gasteiger partial charge in [0.25, 0.3) is 11.5 Å². The van der Waals surface area contributed by atoms with E-state index < -0.39 is 17.6 Å². The van der Waals surface area contributed by atoms with Crippen molar-refractivity contribution in [3.8, 4) is 22.6 Å². The van der Waals surface area contributed by atoms with E-state index in [2.05, 4.69) is 5.32 Å². The van der Waals surface area contributed by atoms with Crippen LogP contribution in [0, 0.1) is 19.7 Å². The van der Waals surface area contributed by atoms with Gasteiger partial charge in [0.05, 0.1) is 21.9 Å². The number of rotatable bonds is 5. The second-order valence-corrected chi connectivity index (χ2v) is 11.6. The molecule has 41 heavy (non-hydrogen) atoms. The summed E-state index contributed by atoms with van der Waals surface area (Å²) >= 11 is 1.03. The van der Waals surface area contributed by atoms with Crippen molar-refractivity contribution in [3.63, 3.8) is 0 Å². The number of ether oxygens (including phenoxy) is 1. The van der Waals surface area contributed by atoms with Crippen LogP contribution in [0.4, 0.5) is 17.6 Å². The molecule has 2 N–H and O–H groups in total. The number of aliphatic hydroxyl groups excluding tert-OH is 1. The highest BCUT2D eigenvalue weighted by molar-refractivity contribution is 7.21. The summed E-state index contributed by atoms with van der Waals surface area (Å²) in [7, 11) is 1.49. The van der Waals surface area contributed by atoms with Gasteiger partial charge in [0, 0.05) is 29.5 Å². The van der Waals surface area contributed by atoms with Crippen LogP contribution < -0.4 is 15.6 Å². The number of alkyl halides is 3. The summed E-state index contributed by atoms with van der Waals surface area (Å²) < 4.78 is 63.3. The molecule has 1 aliphatic rings. The molecule has 0 bridgehead atoms. The molecule has 2 aromatic heterocycles. The zero-order valence-corrected chi connectivity index (χ0v) is 23.4. The van der Waals surface area contributed by atoms with Gasteiger partial charge < -0.3 is 19.7 Å². The minimum absolute atomic E-state index is 0.108. The third-order valence-corrected chi connectivity index (χ3v) is 8.46. The molecule has 2 aromatic carbocycles. The zero-order chi connectivity index (χ0) is 29.6. The first-order valence-corrected chi connectivity index (χ1v) is 13.9. The first-order chi connectivity index (χ1) is 19.3. The highest BCUT2D eigenvalue weighted by atomic mass is 32.1. The van der Waals surface area contributed by atoms with Crippen LogP contribution in [0.5, 0.6) is 11.5 Å². The monoisotopic (exact) mass is 588 g/mol. The van der Waals surface area contributed by atoms with Crippen molar-refractivity contribution in [1.82, 2.24) is 9.88 Å². The Morgan fingerprint density at radius 3 is 2.34 bits per heavy atom. The van der Waals surface area contributed by atoms with Crippen LogP contribution in [0.15, 0.2) is 47.4 Å². The zero-order valence-electron chi connectivity index (χ0n) is 22.6. The first kappa shape index (κ1) is 28.8. The van der Waals surface area contributed by atoms with E-state index in [9.17, 15) is 32.3 Å². The van der Waals surface area contributed by atoms with Crippen molar-refractivity contribution in [2.75, 3.05) is 0 Å². The molecule has 5 rings (SSSR count). The molecule has 6 nitrogen and oxygen atoms in total. The van der Waals surface area contributed by atoms with Gasteiger partial charge in [0.15, 0.2) is 0 Å². The van der Waals surface area contributed by atoms with E-state index in [4.69, 9.17) is 4.74 Å². The number of pyridine rings is 1. The molecule has 0 saturated heterocycles. The summed E-state index contributed by atoms with van der Waals surface area (Å²) in [6.45, 7) is 3.20. The molecule has 1 amide bonds. The standard InChI is InChI=1S/C30H28F4N2O4S/c1-15-8-19(31)9-16(2)26(15)40-22-11-17(10-18(12-22)30(32,33)34)24-14-36(3)29(39)23-13-25(41-27(23)24)28(38)35-20-4-6-21(37)7-5-20/h8-14,20-21,37H,4-7H2,1-3H3,(H,35,38). The maximum atomic E-state index is 14.0. The molecule has 1 saturated carbocycles. The molecule has 2 heterocycles. The number of carbonyl (C=O) groups excluding carboxylic acids is 1. The average molecular weight is 589 g/mol. The van der Waals surface area contributed by atoms with Crippen LogP contribution in [0.25, 0.3) is 21.2 Å². The molecule has 0 aliphatic heterocycles. The number of benzene rings is 2. The van der Waals surface area contributed by atoms with Crippen LogP contribution in [0.3, 0.4) is 0 Å². The molecule has 1 aliphatic carbocycles. The number of nitrogens with one attached hydrogen (secondary N) is 1. The average Bonchev–Trinajstić information content (AvgIpc) is 3.35. The van der Waals surface area contributed by atoms with Crippen LogP contribution in [-0.2, 0) is 13.2 Å². The van der Waals surface area contributed by atoms with Gasteiger partial charge in [-0.15, -0.1) is 11.3 Å². The summed E-state index contributed by atoms with van der Waals surface area (Å²) in [6.07, 6.45) is -1.21. The largest absolute Gasteiger partial charge is 0.457 e. The summed E-state index contributed by atoms with van der Waals surface area (Å²) in [5.41, 5.74) is -0.0303. The Labute approximate surface area is 237 Å². The van der Waals surface area contributed by atoms with E-state index in [0.29, 0.717) is 47.1 Å². The minimum Gasteiger partial charge on any atom is -0.457 e. The molecule has 11 heteroatoms. The van der Waals surface area contributed by atoms with Crippen LogP contribution in [-0.4, -0.2) is 27.7 Å². The molecular weight excluding hydrogens is 560 g/mol. The summed E-state index contributed by atoms with van der Waals surface area (Å²) in [4.78, 5) is 26.3. The molecule has 0 spiro atoms. The van der Waals surface area contributed by atoms with Gasteiger partial charge in [0.2, 0.25) is 0 Å². The smallest absolute Gasteiger partial charge is 0.416 e. The lowest BCUT2D eigenvalue weighted by Gasteiger charge is -2.25. The highest BCUT2D eigenvalue weighted by Gasteiger charge is 2.32. The second-order valence-electron chi connectivity index (χ2n) is 10.5. The highest BCUT2D eigenvalue weighted by Crippen LogP contribution is 2.41. The second kappa shape index (κ2) is 10.9. The number of nitrogens with zero attached hydrogens (tertiary/aromatic N) is 1. The number of fused-ring (bicyclic) bond motifs is 1. The summed E-state index contributed by atoms with van der Waals surface area (Å²) in [5.74, 6) is -0.726. The van der Waals surface area contributed by atoms with Crippen LogP contribution in [0.1, 0.15) is 52.0 Å². The maximum absolute atomic E-state index is 14.0. The molecule has 0 radical (unpaired) electrons. The van der Waals surface area contributed by atoms with Crippen molar-refractivity contribution < 1.29 is 32.2 Å². The van der Waals surface area contributed by atoms with Gasteiger partial charge in [-0.2, -0.15) is 13.2 Å². The normalized spacial score (nSPS) is 17.6. The minimum atomic E-state index is -4.70. The molecule has 1 fully saturated rings. The number of hydrogen-bond donors (Lipinski definition) is 2. The predicted molar refractivity (Wildman–Crippen MR) is 149 cm³/mol. The lowest BCUT2D eigenvalue weighted by molar-refractivity contribution is -0.137. The molecule has 0 atom stereocenters. The van der Waals surface area contributed by atoms with Crippen molar-refractivity contribution in [3.05, 3.63) is 80.3 Å². The SMILES string of the molecule is Cc1cc(F)cc(C)c1Oc1cc(-c2cn(C)c(=O)c3cc(C(=O)NC4CCC(O)CC4)sc23)cc(C(F)(F)F)c1. The van der Waals surface area contributed by atoms with Gasteiger partial charge in [0.1, 0.15) is 17.3 Å². The van der Waals surface area contributed by atoms with Gasteiger partial charge in [-0.05, 0) is 92.6 Å². The van der Waals surface area contributed by atoms with E-state index >= 15 is 0 Å². The number of carbonyl (C=O) groups is 1. The fraction of sp³-hybridized carbons (Fsp3) is 0.333. The number of amides is 1. The predicted octanol–water partition coefficient (Wildman–Crippen LogP) is 6.87. The number of hydrogen-bond acceptors (Lipinski definition) is 5. The lowest BCUT2D eigenvalue weighted by Crippen LogP contribution is -2.38. The maximum Gasteiger partial charge on any atom is 0.416 e. The third kappa shape index (κ3) is 6.01. The number of aliphatic hydroxyl groups is 1. The van der Waals surface area contributed by atoms with E-state index in [1.165, 1.54) is 42.1 Å². The van der Waals surface area contributed by atoms with Crippen LogP contribution >= 0.6 is 11.3 Å². The molecular formula is C30H28F4N2O4S. The van der Waals surface area contributed by atoms with Gasteiger partial charge in [-0.25, -0.2) is 4.39 Å². The van der Waals surface area contributed by atoms with E-state index in [0.717, 1.165) is 23.5 Å². The van der Waals surface area contributed by atoms with Gasteiger partial charge in [-0.1, -0.05) is 0 Å². The Balaban J connectivity index is 1.59. The Morgan fingerprint density at radius 2 is 1.71 bits per heavy atom. The fourth-order valence-corrected chi connectivity index (χ4v) is 6.28. The Hall–Kier alpha value is -3.70.